The van der Waals surface area contributed by atoms with Gasteiger partial charge in [-0.25, -0.2) is 9.07 Å². The van der Waals surface area contributed by atoms with Gasteiger partial charge in [0.1, 0.15) is 11.9 Å². The lowest BCUT2D eigenvalue weighted by atomic mass is 9.94. The van der Waals surface area contributed by atoms with E-state index in [1.807, 2.05) is 45.0 Å². The van der Waals surface area contributed by atoms with Gasteiger partial charge in [-0.3, -0.25) is 4.79 Å². The minimum absolute atomic E-state index is 0.319. The van der Waals surface area contributed by atoms with Gasteiger partial charge >= 0.3 is 0 Å². The first-order chi connectivity index (χ1) is 17.8. The lowest BCUT2D eigenvalue weighted by molar-refractivity contribution is -0.113. The highest BCUT2D eigenvalue weighted by atomic mass is 32.2. The molecule has 4 aromatic rings. The van der Waals surface area contributed by atoms with Crippen molar-refractivity contribution >= 4 is 29.3 Å². The zero-order valence-electron chi connectivity index (χ0n) is 21.2. The van der Waals surface area contributed by atoms with Crippen LogP contribution in [0.25, 0.3) is 0 Å². The topological polar surface area (TPSA) is 71.8 Å². The standard InChI is InChI=1S/C29H28FN5OS/c1-17-8-7-9-21(15-17)16-37-29-33-28-31-20(4)25(27(36)32-24-13-12-18(2)14-19(24)3)26(35(28)34-29)22-10-5-6-11-23(22)30/h5-15,26H,16H2,1-4H3,(H,32,36)(H,31,33,34). The van der Waals surface area contributed by atoms with E-state index in [2.05, 4.69) is 40.7 Å². The summed E-state index contributed by atoms with van der Waals surface area (Å²) in [5.74, 6) is 0.442. The molecular formula is C29H28FN5OS. The third-order valence-corrected chi connectivity index (χ3v) is 7.27. The molecule has 1 atom stereocenters. The molecule has 1 amide bonds. The van der Waals surface area contributed by atoms with Crippen molar-refractivity contribution in [2.45, 2.75) is 44.6 Å². The average molecular weight is 514 g/mol. The summed E-state index contributed by atoms with van der Waals surface area (Å²) in [5.41, 5.74) is 6.47. The number of aromatic nitrogens is 3. The number of carbonyl (C=O) groups excluding carboxylic acids is 1. The van der Waals surface area contributed by atoms with Gasteiger partial charge in [0.25, 0.3) is 5.91 Å². The zero-order chi connectivity index (χ0) is 26.1. The van der Waals surface area contributed by atoms with E-state index in [4.69, 9.17) is 5.10 Å². The van der Waals surface area contributed by atoms with Gasteiger partial charge in [0.15, 0.2) is 0 Å². The predicted octanol–water partition coefficient (Wildman–Crippen LogP) is 6.56. The molecule has 37 heavy (non-hydrogen) atoms. The normalized spacial score (nSPS) is 14.8. The van der Waals surface area contributed by atoms with Crippen molar-refractivity contribution in [2.24, 2.45) is 0 Å². The number of hydrogen-bond donors (Lipinski definition) is 2. The molecule has 0 fully saturated rings. The average Bonchev–Trinajstić information content (AvgIpc) is 3.26. The number of anilines is 2. The highest BCUT2D eigenvalue weighted by Gasteiger charge is 2.36. The highest BCUT2D eigenvalue weighted by Crippen LogP contribution is 2.38. The minimum Gasteiger partial charge on any atom is -0.328 e. The molecule has 0 radical (unpaired) electrons. The van der Waals surface area contributed by atoms with Crippen molar-refractivity contribution in [2.75, 3.05) is 10.6 Å². The van der Waals surface area contributed by atoms with Crippen LogP contribution in [0.5, 0.6) is 0 Å². The fourth-order valence-electron chi connectivity index (χ4n) is 4.56. The molecule has 0 saturated heterocycles. The van der Waals surface area contributed by atoms with Crippen LogP contribution in [-0.2, 0) is 10.5 Å². The molecule has 2 N–H and O–H groups in total. The third-order valence-electron chi connectivity index (χ3n) is 6.36. The fraction of sp³-hybridized carbons (Fsp3) is 0.207. The number of fused-ring (bicyclic) bond motifs is 1. The van der Waals surface area contributed by atoms with Gasteiger partial charge in [0, 0.05) is 22.7 Å². The summed E-state index contributed by atoms with van der Waals surface area (Å²) in [6.45, 7) is 7.82. The van der Waals surface area contributed by atoms with Gasteiger partial charge < -0.3 is 10.6 Å². The SMILES string of the molecule is CC1=C(C(=O)Nc2ccc(C)cc2C)C(c2ccccc2F)n2nc(SCc3cccc(C)c3)nc2N1. The molecular weight excluding hydrogens is 485 g/mol. The first kappa shape index (κ1) is 24.8. The van der Waals surface area contributed by atoms with Crippen molar-refractivity contribution in [1.29, 1.82) is 0 Å². The largest absolute Gasteiger partial charge is 0.328 e. The van der Waals surface area contributed by atoms with E-state index in [-0.39, 0.29) is 5.91 Å². The molecule has 2 heterocycles. The van der Waals surface area contributed by atoms with Crippen LogP contribution in [0.4, 0.5) is 16.0 Å². The Bertz CT molecular complexity index is 1530. The van der Waals surface area contributed by atoms with Crippen LogP contribution in [0.15, 0.2) is 83.2 Å². The molecule has 0 aliphatic carbocycles. The van der Waals surface area contributed by atoms with Crippen LogP contribution in [0.3, 0.4) is 0 Å². The fourth-order valence-corrected chi connectivity index (χ4v) is 5.34. The van der Waals surface area contributed by atoms with Crippen LogP contribution in [0, 0.1) is 26.6 Å². The minimum atomic E-state index is -0.774. The molecule has 1 aliphatic rings. The number of nitrogens with zero attached hydrogens (tertiary/aromatic N) is 3. The van der Waals surface area contributed by atoms with Gasteiger partial charge in [0.2, 0.25) is 11.1 Å². The number of carbonyl (C=O) groups is 1. The number of hydrogen-bond acceptors (Lipinski definition) is 5. The van der Waals surface area contributed by atoms with Crippen LogP contribution in [0.2, 0.25) is 0 Å². The van der Waals surface area contributed by atoms with Crippen molar-refractivity contribution in [3.8, 4) is 0 Å². The Morgan fingerprint density at radius 3 is 2.57 bits per heavy atom. The third kappa shape index (κ3) is 5.15. The second kappa shape index (κ2) is 10.2. The number of aryl methyl sites for hydroxylation is 3. The van der Waals surface area contributed by atoms with E-state index in [0.717, 1.165) is 11.1 Å². The van der Waals surface area contributed by atoms with Crippen molar-refractivity contribution in [3.05, 3.63) is 112 Å². The molecule has 8 heteroatoms. The second-order valence-electron chi connectivity index (χ2n) is 9.30. The lowest BCUT2D eigenvalue weighted by Gasteiger charge is -2.29. The first-order valence-electron chi connectivity index (χ1n) is 12.1. The van der Waals surface area contributed by atoms with Crippen molar-refractivity contribution in [1.82, 2.24) is 14.8 Å². The Kier molecular flexibility index (Phi) is 6.84. The van der Waals surface area contributed by atoms with E-state index in [0.29, 0.717) is 39.4 Å². The molecule has 1 aliphatic heterocycles. The lowest BCUT2D eigenvalue weighted by Crippen LogP contribution is -2.32. The maximum absolute atomic E-state index is 15.1. The number of amides is 1. The molecule has 1 aromatic heterocycles. The Labute approximate surface area is 220 Å². The van der Waals surface area contributed by atoms with Crippen molar-refractivity contribution < 1.29 is 9.18 Å². The van der Waals surface area contributed by atoms with E-state index < -0.39 is 11.9 Å². The molecule has 0 saturated carbocycles. The second-order valence-corrected chi connectivity index (χ2v) is 10.2. The van der Waals surface area contributed by atoms with Gasteiger partial charge in [-0.1, -0.05) is 77.5 Å². The smallest absolute Gasteiger partial charge is 0.255 e. The number of allylic oxidation sites excluding steroid dienone is 1. The summed E-state index contributed by atoms with van der Waals surface area (Å²) in [7, 11) is 0. The Hall–Kier alpha value is -3.91. The van der Waals surface area contributed by atoms with Crippen LogP contribution < -0.4 is 10.6 Å². The van der Waals surface area contributed by atoms with E-state index >= 15 is 4.39 Å². The predicted molar refractivity (Wildman–Crippen MR) is 146 cm³/mol. The number of thioether (sulfide) groups is 1. The maximum atomic E-state index is 15.1. The summed E-state index contributed by atoms with van der Waals surface area (Å²) in [6, 6.07) is 19.8. The van der Waals surface area contributed by atoms with E-state index in [1.54, 1.807) is 22.9 Å². The summed E-state index contributed by atoms with van der Waals surface area (Å²) >= 11 is 1.50. The monoisotopic (exact) mass is 513 g/mol. The van der Waals surface area contributed by atoms with Crippen LogP contribution >= 0.6 is 11.8 Å². The number of benzene rings is 3. The van der Waals surface area contributed by atoms with Crippen LogP contribution in [0.1, 0.15) is 40.8 Å². The Balaban J connectivity index is 1.50. The molecule has 3 aromatic carbocycles. The zero-order valence-corrected chi connectivity index (χ0v) is 22.0. The summed E-state index contributed by atoms with van der Waals surface area (Å²) in [6.07, 6.45) is 0. The molecule has 5 rings (SSSR count). The molecule has 0 spiro atoms. The highest BCUT2D eigenvalue weighted by molar-refractivity contribution is 7.98. The summed E-state index contributed by atoms with van der Waals surface area (Å²) in [5, 5.41) is 11.5. The quantitative estimate of drug-likeness (QED) is 0.286. The number of halogens is 1. The number of nitrogens with one attached hydrogen (secondary N) is 2. The van der Waals surface area contributed by atoms with Crippen LogP contribution in [-0.4, -0.2) is 20.7 Å². The maximum Gasteiger partial charge on any atom is 0.255 e. The number of rotatable bonds is 6. The Morgan fingerprint density at radius 1 is 1.03 bits per heavy atom. The van der Waals surface area contributed by atoms with Gasteiger partial charge in [0.05, 0.1) is 5.57 Å². The van der Waals surface area contributed by atoms with E-state index in [9.17, 15) is 4.79 Å². The van der Waals surface area contributed by atoms with Gasteiger partial charge in [-0.15, -0.1) is 5.10 Å². The van der Waals surface area contributed by atoms with Gasteiger partial charge in [-0.2, -0.15) is 4.98 Å². The molecule has 188 valence electrons. The Morgan fingerprint density at radius 2 is 1.81 bits per heavy atom. The first-order valence-corrected chi connectivity index (χ1v) is 13.0. The summed E-state index contributed by atoms with van der Waals surface area (Å²) in [4.78, 5) is 18.3. The van der Waals surface area contributed by atoms with Gasteiger partial charge in [-0.05, 0) is 51.0 Å². The van der Waals surface area contributed by atoms with Crippen molar-refractivity contribution in [3.63, 3.8) is 0 Å². The van der Waals surface area contributed by atoms with E-state index in [1.165, 1.54) is 29.0 Å². The molecule has 1 unspecified atom stereocenters. The molecule has 6 nitrogen and oxygen atoms in total. The molecule has 0 bridgehead atoms. The summed E-state index contributed by atoms with van der Waals surface area (Å²) < 4.78 is 16.8.